The molecule has 3 aromatic rings. The van der Waals surface area contributed by atoms with Gasteiger partial charge in [-0.2, -0.15) is 0 Å². The second-order valence-electron chi connectivity index (χ2n) is 5.61. The van der Waals surface area contributed by atoms with Crippen molar-refractivity contribution in [3.05, 3.63) is 101 Å². The Labute approximate surface area is 150 Å². The summed E-state index contributed by atoms with van der Waals surface area (Å²) in [4.78, 5) is 22.2. The first-order valence-corrected chi connectivity index (χ1v) is 8.01. The zero-order valence-electron chi connectivity index (χ0n) is 13.8. The SMILES string of the molecule is O=C(/C=C/c1ccc([N+](=O)[O-])cc1)Nc1ccc(-c2ccccc2)cc1. The Balaban J connectivity index is 1.61. The molecule has 3 aromatic carbocycles. The van der Waals surface area contributed by atoms with E-state index in [1.807, 2.05) is 54.6 Å². The van der Waals surface area contributed by atoms with Crippen molar-refractivity contribution in [2.45, 2.75) is 0 Å². The van der Waals surface area contributed by atoms with Crippen LogP contribution in [-0.4, -0.2) is 10.8 Å². The lowest BCUT2D eigenvalue weighted by molar-refractivity contribution is -0.384. The standard InChI is InChI=1S/C21H16N2O3/c24-21(15-8-16-6-13-20(14-7-16)23(25)26)22-19-11-9-18(10-12-19)17-4-2-1-3-5-17/h1-15H,(H,22,24)/b15-8+. The number of non-ortho nitro benzene ring substituents is 1. The lowest BCUT2D eigenvalue weighted by Gasteiger charge is -2.05. The summed E-state index contributed by atoms with van der Waals surface area (Å²) < 4.78 is 0. The topological polar surface area (TPSA) is 72.2 Å². The van der Waals surface area contributed by atoms with E-state index in [4.69, 9.17) is 0 Å². The molecule has 0 unspecified atom stereocenters. The van der Waals surface area contributed by atoms with Crippen LogP contribution in [0.2, 0.25) is 0 Å². The van der Waals surface area contributed by atoms with Gasteiger partial charge in [0.25, 0.3) is 5.69 Å². The normalized spacial score (nSPS) is 10.6. The number of nitrogens with one attached hydrogen (secondary N) is 1. The molecule has 0 aromatic heterocycles. The molecule has 0 bridgehead atoms. The van der Waals surface area contributed by atoms with Crippen molar-refractivity contribution in [2.75, 3.05) is 5.32 Å². The van der Waals surface area contributed by atoms with E-state index in [0.717, 1.165) is 11.1 Å². The Morgan fingerprint density at radius 2 is 1.46 bits per heavy atom. The summed E-state index contributed by atoms with van der Waals surface area (Å²) in [6.07, 6.45) is 3.00. The van der Waals surface area contributed by atoms with E-state index in [2.05, 4.69) is 5.32 Å². The average molecular weight is 344 g/mol. The molecule has 0 aliphatic rings. The predicted octanol–water partition coefficient (Wildman–Crippen LogP) is 4.91. The van der Waals surface area contributed by atoms with E-state index in [-0.39, 0.29) is 11.6 Å². The first kappa shape index (κ1) is 17.1. The summed E-state index contributed by atoms with van der Waals surface area (Å²) in [5, 5.41) is 13.4. The van der Waals surface area contributed by atoms with Crippen LogP contribution < -0.4 is 5.32 Å². The van der Waals surface area contributed by atoms with Crippen LogP contribution in [0.1, 0.15) is 5.56 Å². The molecule has 1 amide bonds. The van der Waals surface area contributed by atoms with Crippen LogP contribution in [0.15, 0.2) is 84.9 Å². The number of hydrogen-bond donors (Lipinski definition) is 1. The van der Waals surface area contributed by atoms with Crippen molar-refractivity contribution in [1.82, 2.24) is 0 Å². The molecule has 5 heteroatoms. The summed E-state index contributed by atoms with van der Waals surface area (Å²) in [5.41, 5.74) is 3.62. The fourth-order valence-corrected chi connectivity index (χ4v) is 2.44. The summed E-state index contributed by atoms with van der Waals surface area (Å²) >= 11 is 0. The van der Waals surface area contributed by atoms with Gasteiger partial charge in [0.1, 0.15) is 0 Å². The van der Waals surface area contributed by atoms with Gasteiger partial charge < -0.3 is 5.32 Å². The number of rotatable bonds is 5. The largest absolute Gasteiger partial charge is 0.323 e. The first-order valence-electron chi connectivity index (χ1n) is 8.01. The van der Waals surface area contributed by atoms with Crippen molar-refractivity contribution in [2.24, 2.45) is 0 Å². The second-order valence-corrected chi connectivity index (χ2v) is 5.61. The summed E-state index contributed by atoms with van der Waals surface area (Å²) in [6, 6.07) is 23.6. The lowest BCUT2D eigenvalue weighted by Crippen LogP contribution is -2.07. The maximum atomic E-state index is 12.0. The van der Waals surface area contributed by atoms with Crippen molar-refractivity contribution >= 4 is 23.4 Å². The number of nitrogens with zero attached hydrogens (tertiary/aromatic N) is 1. The highest BCUT2D eigenvalue weighted by atomic mass is 16.6. The number of benzene rings is 3. The molecule has 0 fully saturated rings. The van der Waals surface area contributed by atoms with Gasteiger partial charge in [-0.3, -0.25) is 14.9 Å². The van der Waals surface area contributed by atoms with Crippen LogP contribution in [0.5, 0.6) is 0 Å². The maximum absolute atomic E-state index is 12.0. The Morgan fingerprint density at radius 1 is 0.846 bits per heavy atom. The van der Waals surface area contributed by atoms with E-state index < -0.39 is 4.92 Å². The van der Waals surface area contributed by atoms with Gasteiger partial charge in [-0.15, -0.1) is 0 Å². The molecular weight excluding hydrogens is 328 g/mol. The average Bonchev–Trinajstić information content (AvgIpc) is 2.68. The molecule has 0 spiro atoms. The number of nitro groups is 1. The Bertz CT molecular complexity index is 931. The highest BCUT2D eigenvalue weighted by Gasteiger charge is 2.03. The highest BCUT2D eigenvalue weighted by Crippen LogP contribution is 2.21. The molecule has 0 radical (unpaired) electrons. The molecule has 1 N–H and O–H groups in total. The highest BCUT2D eigenvalue weighted by molar-refractivity contribution is 6.02. The van der Waals surface area contributed by atoms with E-state index >= 15 is 0 Å². The number of amides is 1. The molecule has 0 heterocycles. The van der Waals surface area contributed by atoms with Crippen LogP contribution >= 0.6 is 0 Å². The van der Waals surface area contributed by atoms with Crippen molar-refractivity contribution in [3.63, 3.8) is 0 Å². The van der Waals surface area contributed by atoms with Gasteiger partial charge in [0.2, 0.25) is 5.91 Å². The van der Waals surface area contributed by atoms with Gasteiger partial charge >= 0.3 is 0 Å². The monoisotopic (exact) mass is 344 g/mol. The quantitative estimate of drug-likeness (QED) is 0.406. The third-order valence-electron chi connectivity index (χ3n) is 3.79. The third kappa shape index (κ3) is 4.42. The Hall–Kier alpha value is -3.73. The Morgan fingerprint density at radius 3 is 2.08 bits per heavy atom. The van der Waals surface area contributed by atoms with Crippen LogP contribution in [0.4, 0.5) is 11.4 Å². The van der Waals surface area contributed by atoms with Gasteiger partial charge in [-0.25, -0.2) is 0 Å². The maximum Gasteiger partial charge on any atom is 0.269 e. The minimum Gasteiger partial charge on any atom is -0.323 e. The number of carbonyl (C=O) groups excluding carboxylic acids is 1. The molecule has 0 saturated heterocycles. The number of hydrogen-bond acceptors (Lipinski definition) is 3. The fourth-order valence-electron chi connectivity index (χ4n) is 2.44. The third-order valence-corrected chi connectivity index (χ3v) is 3.79. The molecule has 3 rings (SSSR count). The molecule has 0 saturated carbocycles. The number of carbonyl (C=O) groups is 1. The van der Waals surface area contributed by atoms with Gasteiger partial charge in [0.05, 0.1) is 4.92 Å². The van der Waals surface area contributed by atoms with E-state index in [9.17, 15) is 14.9 Å². The lowest BCUT2D eigenvalue weighted by atomic mass is 10.1. The van der Waals surface area contributed by atoms with E-state index in [1.54, 1.807) is 18.2 Å². The molecule has 0 atom stereocenters. The minimum absolute atomic E-state index is 0.0186. The molecular formula is C21H16N2O3. The predicted molar refractivity (Wildman–Crippen MR) is 103 cm³/mol. The molecule has 0 aliphatic heterocycles. The van der Waals surface area contributed by atoms with Crippen LogP contribution in [0, 0.1) is 10.1 Å². The van der Waals surface area contributed by atoms with E-state index in [1.165, 1.54) is 18.2 Å². The van der Waals surface area contributed by atoms with Crippen molar-refractivity contribution in [1.29, 1.82) is 0 Å². The summed E-state index contributed by atoms with van der Waals surface area (Å²) in [6.45, 7) is 0. The van der Waals surface area contributed by atoms with Crippen LogP contribution in [0.25, 0.3) is 17.2 Å². The van der Waals surface area contributed by atoms with Crippen LogP contribution in [-0.2, 0) is 4.79 Å². The van der Waals surface area contributed by atoms with Gasteiger partial charge in [-0.05, 0) is 47.0 Å². The second kappa shape index (κ2) is 7.90. The molecule has 0 aliphatic carbocycles. The van der Waals surface area contributed by atoms with Crippen LogP contribution in [0.3, 0.4) is 0 Å². The summed E-state index contributed by atoms with van der Waals surface area (Å²) in [5.74, 6) is -0.268. The number of anilines is 1. The van der Waals surface area contributed by atoms with Gasteiger partial charge in [0.15, 0.2) is 0 Å². The summed E-state index contributed by atoms with van der Waals surface area (Å²) in [7, 11) is 0. The van der Waals surface area contributed by atoms with Gasteiger partial charge in [-0.1, -0.05) is 42.5 Å². The Kier molecular flexibility index (Phi) is 5.19. The zero-order chi connectivity index (χ0) is 18.4. The minimum atomic E-state index is -0.459. The molecule has 128 valence electrons. The van der Waals surface area contributed by atoms with Crippen molar-refractivity contribution < 1.29 is 9.72 Å². The van der Waals surface area contributed by atoms with Gasteiger partial charge in [0, 0.05) is 23.9 Å². The van der Waals surface area contributed by atoms with Crippen molar-refractivity contribution in [3.8, 4) is 11.1 Å². The number of nitro benzene ring substituents is 1. The molecule has 5 nitrogen and oxygen atoms in total. The zero-order valence-corrected chi connectivity index (χ0v) is 13.8. The fraction of sp³-hybridized carbons (Fsp3) is 0. The smallest absolute Gasteiger partial charge is 0.269 e. The first-order chi connectivity index (χ1) is 12.6. The van der Waals surface area contributed by atoms with E-state index in [0.29, 0.717) is 11.3 Å². The molecule has 26 heavy (non-hydrogen) atoms.